The molecule has 28 heavy (non-hydrogen) atoms. The van der Waals surface area contributed by atoms with E-state index in [1.807, 2.05) is 42.5 Å². The molecule has 0 aliphatic carbocycles. The van der Waals surface area contributed by atoms with E-state index >= 15 is 0 Å². The van der Waals surface area contributed by atoms with Crippen molar-refractivity contribution in [3.63, 3.8) is 0 Å². The molecule has 0 aliphatic heterocycles. The summed E-state index contributed by atoms with van der Waals surface area (Å²) in [6.45, 7) is 1.57. The first kappa shape index (κ1) is 17.8. The number of amides is 1. The first-order chi connectivity index (χ1) is 13.5. The van der Waals surface area contributed by atoms with Crippen molar-refractivity contribution in [3.8, 4) is 10.6 Å². The predicted molar refractivity (Wildman–Crippen MR) is 111 cm³/mol. The third kappa shape index (κ3) is 3.35. The lowest BCUT2D eigenvalue weighted by atomic mass is 10.1. The fraction of sp³-hybridized carbons (Fsp3) is 0.0476. The van der Waals surface area contributed by atoms with Crippen molar-refractivity contribution in [3.05, 3.63) is 88.0 Å². The summed E-state index contributed by atoms with van der Waals surface area (Å²) in [5.74, 6) is -0.386. The fourth-order valence-electron chi connectivity index (χ4n) is 2.99. The van der Waals surface area contributed by atoms with Gasteiger partial charge in [-0.05, 0) is 37.3 Å². The maximum absolute atomic E-state index is 12.7. The highest BCUT2D eigenvalue weighted by molar-refractivity contribution is 7.21. The number of nitrogens with one attached hydrogen (secondary N) is 1. The van der Waals surface area contributed by atoms with E-state index in [2.05, 4.69) is 10.3 Å². The fourth-order valence-corrected chi connectivity index (χ4v) is 3.95. The van der Waals surface area contributed by atoms with Gasteiger partial charge in [0.2, 0.25) is 0 Å². The van der Waals surface area contributed by atoms with E-state index in [0.29, 0.717) is 11.3 Å². The molecule has 1 heterocycles. The topological polar surface area (TPSA) is 85.1 Å². The quantitative estimate of drug-likeness (QED) is 0.372. The molecule has 0 unspecified atom stereocenters. The van der Waals surface area contributed by atoms with Crippen LogP contribution in [0.5, 0.6) is 0 Å². The molecule has 138 valence electrons. The molecular weight excluding hydrogens is 374 g/mol. The van der Waals surface area contributed by atoms with Gasteiger partial charge < -0.3 is 5.32 Å². The van der Waals surface area contributed by atoms with E-state index in [1.165, 1.54) is 12.1 Å². The predicted octanol–water partition coefficient (Wildman–Crippen LogP) is 5.43. The Morgan fingerprint density at radius 2 is 1.86 bits per heavy atom. The molecule has 0 saturated carbocycles. The Balaban J connectivity index is 1.63. The van der Waals surface area contributed by atoms with Gasteiger partial charge in [-0.3, -0.25) is 14.9 Å². The molecule has 0 fully saturated rings. The summed E-state index contributed by atoms with van der Waals surface area (Å²) in [4.78, 5) is 27.9. The number of aromatic nitrogens is 1. The molecule has 7 heteroatoms. The highest BCUT2D eigenvalue weighted by atomic mass is 32.1. The number of thiazole rings is 1. The molecule has 1 aromatic heterocycles. The van der Waals surface area contributed by atoms with Crippen LogP contribution in [-0.4, -0.2) is 15.8 Å². The normalized spacial score (nSPS) is 10.8. The van der Waals surface area contributed by atoms with Crippen molar-refractivity contribution in [2.75, 3.05) is 5.32 Å². The molecule has 0 saturated heterocycles. The van der Waals surface area contributed by atoms with Crippen LogP contribution in [0.3, 0.4) is 0 Å². The number of rotatable bonds is 4. The Morgan fingerprint density at radius 3 is 2.64 bits per heavy atom. The molecule has 0 bridgehead atoms. The van der Waals surface area contributed by atoms with Gasteiger partial charge in [-0.25, -0.2) is 4.98 Å². The third-order valence-electron chi connectivity index (χ3n) is 4.41. The number of carbonyl (C=O) groups excluding carboxylic acids is 1. The zero-order chi connectivity index (χ0) is 19.7. The van der Waals surface area contributed by atoms with Crippen LogP contribution in [0.2, 0.25) is 0 Å². The molecule has 1 amide bonds. The van der Waals surface area contributed by atoms with Gasteiger partial charge in [-0.1, -0.05) is 30.3 Å². The van der Waals surface area contributed by atoms with Gasteiger partial charge in [-0.2, -0.15) is 0 Å². The summed E-state index contributed by atoms with van der Waals surface area (Å²) in [5.41, 5.74) is 2.98. The molecule has 6 nitrogen and oxygen atoms in total. The average Bonchev–Trinajstić information content (AvgIpc) is 3.12. The second kappa shape index (κ2) is 7.21. The molecule has 4 rings (SSSR count). The Hall–Kier alpha value is -3.58. The zero-order valence-electron chi connectivity index (χ0n) is 14.9. The van der Waals surface area contributed by atoms with Crippen molar-refractivity contribution in [2.24, 2.45) is 0 Å². The number of fused-ring (bicyclic) bond motifs is 1. The van der Waals surface area contributed by atoms with Gasteiger partial charge >= 0.3 is 0 Å². The molecule has 0 spiro atoms. The number of nitro groups is 1. The van der Waals surface area contributed by atoms with Crippen molar-refractivity contribution >= 4 is 38.8 Å². The van der Waals surface area contributed by atoms with Gasteiger partial charge in [0.05, 0.1) is 15.1 Å². The van der Waals surface area contributed by atoms with Crippen LogP contribution < -0.4 is 5.32 Å². The highest BCUT2D eigenvalue weighted by Crippen LogP contribution is 2.31. The summed E-state index contributed by atoms with van der Waals surface area (Å²) >= 11 is 1.58. The van der Waals surface area contributed by atoms with Crippen molar-refractivity contribution in [1.29, 1.82) is 0 Å². The molecule has 3 aromatic carbocycles. The molecule has 1 N–H and O–H groups in total. The molecule has 0 radical (unpaired) electrons. The molecule has 0 atom stereocenters. The van der Waals surface area contributed by atoms with Gasteiger partial charge in [0.25, 0.3) is 11.6 Å². The standard InChI is InChI=1S/C21H15N3O3S/c1-13-16(8-5-10-18(13)24(26)27)20(25)22-15-7-4-6-14(12-15)21-23-17-9-2-3-11-19(17)28-21/h2-12H,1H3,(H,22,25). The highest BCUT2D eigenvalue weighted by Gasteiger charge is 2.18. The zero-order valence-corrected chi connectivity index (χ0v) is 15.7. The Kier molecular flexibility index (Phi) is 4.58. The van der Waals surface area contributed by atoms with Gasteiger partial charge in [0.15, 0.2) is 0 Å². The minimum atomic E-state index is -0.486. The van der Waals surface area contributed by atoms with Crippen LogP contribution in [0.25, 0.3) is 20.8 Å². The van der Waals surface area contributed by atoms with Gasteiger partial charge in [0.1, 0.15) is 5.01 Å². The lowest BCUT2D eigenvalue weighted by Crippen LogP contribution is -2.14. The summed E-state index contributed by atoms with van der Waals surface area (Å²) in [7, 11) is 0. The van der Waals surface area contributed by atoms with E-state index < -0.39 is 4.92 Å². The SMILES string of the molecule is Cc1c(C(=O)Nc2cccc(-c3nc4ccccc4s3)c2)cccc1[N+](=O)[O-]. The monoisotopic (exact) mass is 389 g/mol. The molecule has 4 aromatic rings. The first-order valence-corrected chi connectivity index (χ1v) is 9.36. The summed E-state index contributed by atoms with van der Waals surface area (Å²) < 4.78 is 1.10. The van der Waals surface area contributed by atoms with E-state index in [1.54, 1.807) is 30.4 Å². The Morgan fingerprint density at radius 1 is 1.07 bits per heavy atom. The number of hydrogen-bond donors (Lipinski definition) is 1. The number of carbonyl (C=O) groups is 1. The maximum Gasteiger partial charge on any atom is 0.273 e. The van der Waals surface area contributed by atoms with E-state index in [-0.39, 0.29) is 17.2 Å². The number of hydrogen-bond acceptors (Lipinski definition) is 5. The number of benzene rings is 3. The minimum Gasteiger partial charge on any atom is -0.322 e. The largest absolute Gasteiger partial charge is 0.322 e. The van der Waals surface area contributed by atoms with Crippen LogP contribution in [0.15, 0.2) is 66.7 Å². The average molecular weight is 389 g/mol. The lowest BCUT2D eigenvalue weighted by molar-refractivity contribution is -0.385. The Bertz CT molecular complexity index is 1180. The first-order valence-electron chi connectivity index (χ1n) is 8.54. The van der Waals surface area contributed by atoms with Crippen LogP contribution >= 0.6 is 11.3 Å². The Labute approximate surface area is 164 Å². The lowest BCUT2D eigenvalue weighted by Gasteiger charge is -2.09. The van der Waals surface area contributed by atoms with Crippen LogP contribution in [0.4, 0.5) is 11.4 Å². The van der Waals surface area contributed by atoms with Gasteiger partial charge in [-0.15, -0.1) is 11.3 Å². The minimum absolute atomic E-state index is 0.0733. The second-order valence-corrected chi connectivity index (χ2v) is 7.26. The third-order valence-corrected chi connectivity index (χ3v) is 5.49. The van der Waals surface area contributed by atoms with Crippen LogP contribution in [0, 0.1) is 17.0 Å². The molecular formula is C21H15N3O3S. The van der Waals surface area contributed by atoms with Crippen molar-refractivity contribution in [1.82, 2.24) is 4.98 Å². The van der Waals surface area contributed by atoms with Crippen molar-refractivity contribution < 1.29 is 9.72 Å². The van der Waals surface area contributed by atoms with Crippen LogP contribution in [-0.2, 0) is 0 Å². The van der Waals surface area contributed by atoms with Crippen molar-refractivity contribution in [2.45, 2.75) is 6.92 Å². The maximum atomic E-state index is 12.7. The van der Waals surface area contributed by atoms with E-state index in [0.717, 1.165) is 20.8 Å². The summed E-state index contributed by atoms with van der Waals surface area (Å²) in [6.07, 6.45) is 0. The van der Waals surface area contributed by atoms with E-state index in [4.69, 9.17) is 0 Å². The number of anilines is 1. The number of para-hydroxylation sites is 1. The number of nitrogens with zero attached hydrogens (tertiary/aromatic N) is 2. The summed E-state index contributed by atoms with van der Waals surface area (Å²) in [6, 6.07) is 19.8. The number of nitro benzene ring substituents is 1. The molecule has 0 aliphatic rings. The van der Waals surface area contributed by atoms with E-state index in [9.17, 15) is 14.9 Å². The van der Waals surface area contributed by atoms with Crippen LogP contribution in [0.1, 0.15) is 15.9 Å². The second-order valence-electron chi connectivity index (χ2n) is 6.23. The summed E-state index contributed by atoms with van der Waals surface area (Å²) in [5, 5.41) is 14.8. The van der Waals surface area contributed by atoms with Gasteiger partial charge in [0, 0.05) is 28.4 Å². The smallest absolute Gasteiger partial charge is 0.273 e.